The van der Waals surface area contributed by atoms with E-state index in [-0.39, 0.29) is 37.0 Å². The number of hydrogen-bond donors (Lipinski definition) is 2. The molecule has 0 unspecified atom stereocenters. The minimum atomic E-state index is -4.59. The van der Waals surface area contributed by atoms with Gasteiger partial charge in [0.15, 0.2) is 0 Å². The fourth-order valence-corrected chi connectivity index (χ4v) is 4.75. The minimum Gasteiger partial charge on any atom is -0.378 e. The van der Waals surface area contributed by atoms with Crippen molar-refractivity contribution in [2.45, 2.75) is 25.2 Å². The van der Waals surface area contributed by atoms with Crippen molar-refractivity contribution in [3.8, 4) is 0 Å². The first-order chi connectivity index (χ1) is 19.0. The lowest BCUT2D eigenvalue weighted by Gasteiger charge is -2.28. The molecule has 3 aromatic heterocycles. The van der Waals surface area contributed by atoms with Gasteiger partial charge in [-0.05, 0) is 30.7 Å². The van der Waals surface area contributed by atoms with E-state index in [9.17, 15) is 26.3 Å². The molecular weight excluding hydrogens is 542 g/mol. The van der Waals surface area contributed by atoms with Gasteiger partial charge in [0.1, 0.15) is 23.3 Å². The number of rotatable bonds is 5. The van der Waals surface area contributed by atoms with Crippen molar-refractivity contribution in [1.29, 1.82) is 0 Å². The number of anilines is 5. The maximum atomic E-state index is 13.7. The van der Waals surface area contributed by atoms with Gasteiger partial charge in [-0.3, -0.25) is 0 Å². The van der Waals surface area contributed by atoms with Gasteiger partial charge >= 0.3 is 12.4 Å². The maximum absolute atomic E-state index is 13.7. The topological polar surface area (TPSA) is 91.3 Å². The first kappa shape index (κ1) is 27.7. The predicted octanol–water partition coefficient (Wildman–Crippen LogP) is 4.53. The Kier molecular flexibility index (Phi) is 7.57. The maximum Gasteiger partial charge on any atom is 0.419 e. The van der Waals surface area contributed by atoms with E-state index >= 15 is 0 Å². The summed E-state index contributed by atoms with van der Waals surface area (Å²) in [5, 5.41) is 5.51. The van der Waals surface area contributed by atoms with Crippen LogP contribution in [0.5, 0.6) is 0 Å². The molecule has 1 saturated heterocycles. The quantitative estimate of drug-likeness (QED) is 0.431. The van der Waals surface area contributed by atoms with Crippen LogP contribution in [0.15, 0.2) is 30.5 Å². The molecular formula is C25H26F6N8O. The number of nitrogens with one attached hydrogen (secondary N) is 2. The molecule has 9 nitrogen and oxygen atoms in total. The largest absolute Gasteiger partial charge is 0.419 e. The summed E-state index contributed by atoms with van der Waals surface area (Å²) >= 11 is 0. The Morgan fingerprint density at radius 3 is 2.23 bits per heavy atom. The lowest BCUT2D eigenvalue weighted by molar-refractivity contribution is -0.138. The Morgan fingerprint density at radius 2 is 1.52 bits per heavy atom. The Bertz CT molecular complexity index is 1360. The third kappa shape index (κ3) is 5.83. The molecule has 0 saturated carbocycles. The van der Waals surface area contributed by atoms with Gasteiger partial charge in [-0.1, -0.05) is 0 Å². The molecule has 0 aromatic carbocycles. The summed E-state index contributed by atoms with van der Waals surface area (Å²) in [6.45, 7) is 2.45. The van der Waals surface area contributed by atoms with Crippen molar-refractivity contribution in [3.63, 3.8) is 0 Å². The van der Waals surface area contributed by atoms with E-state index < -0.39 is 23.5 Å². The normalized spacial score (nSPS) is 16.4. The van der Waals surface area contributed by atoms with E-state index in [2.05, 4.69) is 25.6 Å². The van der Waals surface area contributed by atoms with Gasteiger partial charge < -0.3 is 25.2 Å². The predicted molar refractivity (Wildman–Crippen MR) is 136 cm³/mol. The zero-order valence-corrected chi connectivity index (χ0v) is 21.4. The first-order valence-electron chi connectivity index (χ1n) is 12.6. The van der Waals surface area contributed by atoms with Gasteiger partial charge in [-0.25, -0.2) is 15.0 Å². The lowest BCUT2D eigenvalue weighted by atomic mass is 10.1. The van der Waals surface area contributed by atoms with Crippen molar-refractivity contribution in [3.05, 3.63) is 52.8 Å². The van der Waals surface area contributed by atoms with Crippen LogP contribution in [0.2, 0.25) is 0 Å². The second-order valence-corrected chi connectivity index (χ2v) is 9.22. The van der Waals surface area contributed by atoms with Crippen LogP contribution in [0.3, 0.4) is 0 Å². The Balaban J connectivity index is 1.51. The number of fused-ring (bicyclic) bond motifs is 1. The molecule has 1 fully saturated rings. The third-order valence-corrected chi connectivity index (χ3v) is 6.70. The van der Waals surface area contributed by atoms with E-state index in [1.165, 1.54) is 25.4 Å². The SMILES string of the molecule is CNc1nc(Nc2nc(N3CCOCC3)nc3c2CCN(c2ncccc2C(F)(F)F)CC3)ccc1C(F)(F)F. The molecule has 15 heteroatoms. The summed E-state index contributed by atoms with van der Waals surface area (Å²) in [5.41, 5.74) is -0.459. The number of ether oxygens (including phenoxy) is 1. The Labute approximate surface area is 225 Å². The molecule has 40 heavy (non-hydrogen) atoms. The van der Waals surface area contributed by atoms with Crippen molar-refractivity contribution in [1.82, 2.24) is 19.9 Å². The van der Waals surface area contributed by atoms with Gasteiger partial charge in [0.2, 0.25) is 5.95 Å². The number of aromatic nitrogens is 4. The van der Waals surface area contributed by atoms with Crippen molar-refractivity contribution < 1.29 is 31.1 Å². The van der Waals surface area contributed by atoms with Crippen molar-refractivity contribution >= 4 is 29.2 Å². The number of hydrogen-bond acceptors (Lipinski definition) is 9. The standard InChI is InChI=1S/C25H26F6N8O/c1-32-21-16(24(26,27)28)4-5-19(36-21)35-20-15-6-9-38(22-17(25(29,30)31)3-2-8-33-22)10-7-18(15)34-23(37-20)39-11-13-40-14-12-39/h2-5,8H,6-7,9-14H2,1H3,(H2,32,34,35,36,37). The fourth-order valence-electron chi connectivity index (χ4n) is 4.75. The summed E-state index contributed by atoms with van der Waals surface area (Å²) in [6.07, 6.45) is -7.27. The van der Waals surface area contributed by atoms with Crippen LogP contribution in [0, 0.1) is 0 Å². The third-order valence-electron chi connectivity index (χ3n) is 6.70. The molecule has 2 aliphatic heterocycles. The lowest BCUT2D eigenvalue weighted by Crippen LogP contribution is -2.37. The number of morpholine rings is 1. The van der Waals surface area contributed by atoms with Crippen LogP contribution in [-0.4, -0.2) is 66.4 Å². The summed E-state index contributed by atoms with van der Waals surface area (Å²) < 4.78 is 86.7. The monoisotopic (exact) mass is 568 g/mol. The Hall–Kier alpha value is -3.88. The number of pyridine rings is 2. The molecule has 0 radical (unpaired) electrons. The molecule has 214 valence electrons. The fraction of sp³-hybridized carbons (Fsp3) is 0.440. The smallest absolute Gasteiger partial charge is 0.378 e. The molecule has 5 heterocycles. The van der Waals surface area contributed by atoms with Gasteiger partial charge in [0.05, 0.1) is 30.0 Å². The van der Waals surface area contributed by atoms with E-state index in [1.54, 1.807) is 4.90 Å². The zero-order valence-electron chi connectivity index (χ0n) is 21.4. The highest BCUT2D eigenvalue weighted by Crippen LogP contribution is 2.37. The molecule has 2 aliphatic rings. The zero-order chi connectivity index (χ0) is 28.5. The van der Waals surface area contributed by atoms with Gasteiger partial charge in [0, 0.05) is 51.4 Å². The molecule has 0 atom stereocenters. The minimum absolute atomic E-state index is 0.122. The van der Waals surface area contributed by atoms with Crippen LogP contribution < -0.4 is 20.4 Å². The van der Waals surface area contributed by atoms with E-state index in [0.29, 0.717) is 55.7 Å². The van der Waals surface area contributed by atoms with Crippen LogP contribution >= 0.6 is 0 Å². The second kappa shape index (κ2) is 10.9. The summed E-state index contributed by atoms with van der Waals surface area (Å²) in [4.78, 5) is 21.0. The van der Waals surface area contributed by atoms with Gasteiger partial charge in [-0.2, -0.15) is 31.3 Å². The van der Waals surface area contributed by atoms with E-state index in [1.807, 2.05) is 4.90 Å². The number of halogens is 6. The van der Waals surface area contributed by atoms with Crippen LogP contribution in [0.4, 0.5) is 55.6 Å². The van der Waals surface area contributed by atoms with Crippen LogP contribution in [-0.2, 0) is 29.9 Å². The van der Waals surface area contributed by atoms with Gasteiger partial charge in [-0.15, -0.1) is 0 Å². The molecule has 0 amide bonds. The van der Waals surface area contributed by atoms with Crippen molar-refractivity contribution in [2.24, 2.45) is 0 Å². The van der Waals surface area contributed by atoms with Crippen LogP contribution in [0.1, 0.15) is 22.4 Å². The summed E-state index contributed by atoms with van der Waals surface area (Å²) in [6, 6.07) is 4.38. The molecule has 3 aromatic rings. The molecule has 0 bridgehead atoms. The molecule has 5 rings (SSSR count). The average molecular weight is 569 g/mol. The van der Waals surface area contributed by atoms with E-state index in [0.717, 1.165) is 12.1 Å². The average Bonchev–Trinajstić information content (AvgIpc) is 3.15. The molecule has 2 N–H and O–H groups in total. The highest BCUT2D eigenvalue weighted by atomic mass is 19.4. The number of alkyl halides is 6. The first-order valence-corrected chi connectivity index (χ1v) is 12.6. The van der Waals surface area contributed by atoms with Crippen LogP contribution in [0.25, 0.3) is 0 Å². The molecule has 0 spiro atoms. The Morgan fingerprint density at radius 1 is 0.800 bits per heavy atom. The number of nitrogens with zero attached hydrogens (tertiary/aromatic N) is 6. The van der Waals surface area contributed by atoms with Gasteiger partial charge in [0.25, 0.3) is 0 Å². The van der Waals surface area contributed by atoms with Crippen molar-refractivity contribution in [2.75, 3.05) is 66.9 Å². The molecule has 0 aliphatic carbocycles. The highest BCUT2D eigenvalue weighted by molar-refractivity contribution is 5.63. The summed E-state index contributed by atoms with van der Waals surface area (Å²) in [5.74, 6) is 0.331. The highest BCUT2D eigenvalue weighted by Gasteiger charge is 2.37. The summed E-state index contributed by atoms with van der Waals surface area (Å²) in [7, 11) is 1.34. The second-order valence-electron chi connectivity index (χ2n) is 9.22. The van der Waals surface area contributed by atoms with E-state index in [4.69, 9.17) is 9.72 Å².